The second kappa shape index (κ2) is 8.71. The summed E-state index contributed by atoms with van der Waals surface area (Å²) in [6.07, 6.45) is 1.42. The molecule has 1 aromatic rings. The molecule has 0 saturated carbocycles. The van der Waals surface area contributed by atoms with E-state index in [-0.39, 0.29) is 23.8 Å². The Bertz CT molecular complexity index is 612. The Morgan fingerprint density at radius 3 is 2.44 bits per heavy atom. The molecule has 1 atom stereocenters. The van der Waals surface area contributed by atoms with Crippen LogP contribution in [-0.4, -0.2) is 50.1 Å². The van der Waals surface area contributed by atoms with Crippen molar-refractivity contribution in [2.45, 2.75) is 32.4 Å². The van der Waals surface area contributed by atoms with Crippen molar-refractivity contribution < 1.29 is 19.1 Å². The quantitative estimate of drug-likeness (QED) is 0.763. The molecule has 1 aliphatic heterocycles. The molecule has 25 heavy (non-hydrogen) atoms. The van der Waals surface area contributed by atoms with Crippen molar-refractivity contribution in [1.82, 2.24) is 10.2 Å². The number of nitrogens with one attached hydrogen (secondary N) is 1. The van der Waals surface area contributed by atoms with Crippen LogP contribution >= 0.6 is 0 Å². The fourth-order valence-corrected chi connectivity index (χ4v) is 3.06. The number of hydrogen-bond acceptors (Lipinski definition) is 5. The molecule has 0 bridgehead atoms. The standard InChI is InChI=1S/C18H27N3O4/c1-12(21-8-6-14(7-9-21)17(19)22)18(23)20-11-13-4-5-15(24-2)16(10-13)25-3/h4-5,10,12,14H,6-9,11H2,1-3H3,(H2,19,22)(H,20,23)/t12-/m0/s1. The van der Waals surface area contributed by atoms with Gasteiger partial charge in [-0.2, -0.15) is 0 Å². The number of nitrogens with two attached hydrogens (primary N) is 1. The maximum Gasteiger partial charge on any atom is 0.237 e. The van der Waals surface area contributed by atoms with Gasteiger partial charge in [0.1, 0.15) is 0 Å². The summed E-state index contributed by atoms with van der Waals surface area (Å²) in [6, 6.07) is 5.32. The topological polar surface area (TPSA) is 93.9 Å². The van der Waals surface area contributed by atoms with Gasteiger partial charge in [-0.15, -0.1) is 0 Å². The van der Waals surface area contributed by atoms with Gasteiger partial charge in [-0.3, -0.25) is 14.5 Å². The molecule has 0 aliphatic carbocycles. The van der Waals surface area contributed by atoms with E-state index in [2.05, 4.69) is 10.2 Å². The normalized spacial score (nSPS) is 16.9. The Morgan fingerprint density at radius 1 is 1.24 bits per heavy atom. The Balaban J connectivity index is 1.86. The molecule has 1 fully saturated rings. The van der Waals surface area contributed by atoms with Gasteiger partial charge in [-0.25, -0.2) is 0 Å². The predicted molar refractivity (Wildman–Crippen MR) is 94.3 cm³/mol. The Hall–Kier alpha value is -2.28. The summed E-state index contributed by atoms with van der Waals surface area (Å²) in [5.74, 6) is 0.940. The number of likely N-dealkylation sites (tertiary alicyclic amines) is 1. The minimum absolute atomic E-state index is 0.0349. The lowest BCUT2D eigenvalue weighted by molar-refractivity contribution is -0.127. The van der Waals surface area contributed by atoms with E-state index >= 15 is 0 Å². The van der Waals surface area contributed by atoms with Gasteiger partial charge in [0.15, 0.2) is 11.5 Å². The second-order valence-corrected chi connectivity index (χ2v) is 6.30. The van der Waals surface area contributed by atoms with E-state index in [1.165, 1.54) is 0 Å². The number of carbonyl (C=O) groups is 2. The molecular formula is C18H27N3O4. The number of hydrogen-bond donors (Lipinski definition) is 2. The summed E-state index contributed by atoms with van der Waals surface area (Å²) in [4.78, 5) is 25.7. The van der Waals surface area contributed by atoms with Gasteiger partial charge in [-0.05, 0) is 50.6 Å². The summed E-state index contributed by atoms with van der Waals surface area (Å²) < 4.78 is 10.5. The highest BCUT2D eigenvalue weighted by Gasteiger charge is 2.28. The van der Waals surface area contributed by atoms with Gasteiger partial charge in [-0.1, -0.05) is 6.07 Å². The summed E-state index contributed by atoms with van der Waals surface area (Å²) in [7, 11) is 3.17. The lowest BCUT2D eigenvalue weighted by Crippen LogP contribution is -2.49. The average molecular weight is 349 g/mol. The molecule has 7 nitrogen and oxygen atoms in total. The Kier molecular flexibility index (Phi) is 6.64. The van der Waals surface area contributed by atoms with Gasteiger partial charge in [0.05, 0.1) is 20.3 Å². The molecule has 138 valence electrons. The molecule has 0 unspecified atom stereocenters. The largest absolute Gasteiger partial charge is 0.493 e. The van der Waals surface area contributed by atoms with Gasteiger partial charge >= 0.3 is 0 Å². The molecule has 0 spiro atoms. The summed E-state index contributed by atoms with van der Waals surface area (Å²) in [6.45, 7) is 3.72. The minimum atomic E-state index is -0.245. The van der Waals surface area contributed by atoms with Crippen LogP contribution in [0.1, 0.15) is 25.3 Å². The average Bonchev–Trinajstić information content (AvgIpc) is 2.65. The van der Waals surface area contributed by atoms with Gasteiger partial charge in [0, 0.05) is 12.5 Å². The van der Waals surface area contributed by atoms with E-state index in [1.807, 2.05) is 25.1 Å². The maximum atomic E-state index is 12.4. The molecule has 0 radical (unpaired) electrons. The first-order valence-corrected chi connectivity index (χ1v) is 8.48. The molecule has 3 N–H and O–H groups in total. The van der Waals surface area contributed by atoms with Crippen LogP contribution in [0.4, 0.5) is 0 Å². The highest BCUT2D eigenvalue weighted by atomic mass is 16.5. The molecule has 1 saturated heterocycles. The van der Waals surface area contributed by atoms with Crippen LogP contribution in [0.25, 0.3) is 0 Å². The summed E-state index contributed by atoms with van der Waals surface area (Å²) >= 11 is 0. The van der Waals surface area contributed by atoms with E-state index in [0.717, 1.165) is 5.56 Å². The fraction of sp³-hybridized carbons (Fsp3) is 0.556. The van der Waals surface area contributed by atoms with Crippen molar-refractivity contribution >= 4 is 11.8 Å². The third kappa shape index (κ3) is 4.85. The Labute approximate surface area is 148 Å². The third-order valence-electron chi connectivity index (χ3n) is 4.77. The minimum Gasteiger partial charge on any atom is -0.493 e. The molecule has 7 heteroatoms. The van der Waals surface area contributed by atoms with Gasteiger partial charge in [0.25, 0.3) is 0 Å². The van der Waals surface area contributed by atoms with Crippen LogP contribution in [-0.2, 0) is 16.1 Å². The van der Waals surface area contributed by atoms with Crippen molar-refractivity contribution in [3.05, 3.63) is 23.8 Å². The molecule has 2 rings (SSSR count). The number of amides is 2. The number of benzene rings is 1. The molecular weight excluding hydrogens is 322 g/mol. The third-order valence-corrected chi connectivity index (χ3v) is 4.77. The zero-order valence-electron chi connectivity index (χ0n) is 15.1. The zero-order valence-corrected chi connectivity index (χ0v) is 15.1. The smallest absolute Gasteiger partial charge is 0.237 e. The van der Waals surface area contributed by atoms with Crippen molar-refractivity contribution in [2.75, 3.05) is 27.3 Å². The van der Waals surface area contributed by atoms with Crippen molar-refractivity contribution in [3.63, 3.8) is 0 Å². The van der Waals surface area contributed by atoms with E-state index in [1.54, 1.807) is 14.2 Å². The van der Waals surface area contributed by atoms with Crippen LogP contribution in [0.15, 0.2) is 18.2 Å². The number of nitrogens with zero attached hydrogens (tertiary/aromatic N) is 1. The number of ether oxygens (including phenoxy) is 2. The van der Waals surface area contributed by atoms with Crippen molar-refractivity contribution in [1.29, 1.82) is 0 Å². The lowest BCUT2D eigenvalue weighted by Gasteiger charge is -2.34. The first-order valence-electron chi connectivity index (χ1n) is 8.48. The van der Waals surface area contributed by atoms with Gasteiger partial charge < -0.3 is 20.5 Å². The van der Waals surface area contributed by atoms with Gasteiger partial charge in [0.2, 0.25) is 11.8 Å². The number of methoxy groups -OCH3 is 2. The maximum absolute atomic E-state index is 12.4. The SMILES string of the molecule is COc1ccc(CNC(=O)[C@H](C)N2CCC(C(N)=O)CC2)cc1OC. The van der Waals surface area contributed by atoms with Crippen LogP contribution in [0, 0.1) is 5.92 Å². The molecule has 0 aromatic heterocycles. The van der Waals surface area contributed by atoms with E-state index in [0.29, 0.717) is 44.0 Å². The van der Waals surface area contributed by atoms with E-state index in [4.69, 9.17) is 15.2 Å². The van der Waals surface area contributed by atoms with Crippen molar-refractivity contribution in [2.24, 2.45) is 11.7 Å². The van der Waals surface area contributed by atoms with Crippen LogP contribution in [0.3, 0.4) is 0 Å². The van der Waals surface area contributed by atoms with E-state index in [9.17, 15) is 9.59 Å². The highest BCUT2D eigenvalue weighted by Crippen LogP contribution is 2.27. The summed E-state index contributed by atoms with van der Waals surface area (Å²) in [5, 5.41) is 2.95. The number of rotatable bonds is 7. The first-order chi connectivity index (χ1) is 12.0. The molecule has 2 amide bonds. The van der Waals surface area contributed by atoms with Crippen molar-refractivity contribution in [3.8, 4) is 11.5 Å². The van der Waals surface area contributed by atoms with Crippen LogP contribution in [0.5, 0.6) is 11.5 Å². The van der Waals surface area contributed by atoms with E-state index < -0.39 is 0 Å². The number of primary amides is 1. The molecule has 1 aliphatic rings. The monoisotopic (exact) mass is 349 g/mol. The zero-order chi connectivity index (χ0) is 18.4. The highest BCUT2D eigenvalue weighted by molar-refractivity contribution is 5.81. The first kappa shape index (κ1) is 19.1. The fourth-order valence-electron chi connectivity index (χ4n) is 3.06. The molecule has 1 heterocycles. The summed E-state index contributed by atoms with van der Waals surface area (Å²) in [5.41, 5.74) is 6.28. The van der Waals surface area contributed by atoms with Crippen LogP contribution in [0.2, 0.25) is 0 Å². The predicted octanol–water partition coefficient (Wildman–Crippen LogP) is 0.906. The number of piperidine rings is 1. The second-order valence-electron chi connectivity index (χ2n) is 6.30. The van der Waals surface area contributed by atoms with Crippen LogP contribution < -0.4 is 20.5 Å². The lowest BCUT2D eigenvalue weighted by atomic mass is 9.95. The Morgan fingerprint density at radius 2 is 1.88 bits per heavy atom. The number of carbonyl (C=O) groups excluding carboxylic acids is 2. The molecule has 1 aromatic carbocycles.